The van der Waals surface area contributed by atoms with Gasteiger partial charge in [-0.3, -0.25) is 4.90 Å². The predicted octanol–water partition coefficient (Wildman–Crippen LogP) is 2.01. The van der Waals surface area contributed by atoms with Crippen LogP contribution in [-0.4, -0.2) is 31.1 Å². The number of likely N-dealkylation sites (tertiary alicyclic amines) is 1. The summed E-state index contributed by atoms with van der Waals surface area (Å²) < 4.78 is 0. The highest BCUT2D eigenvalue weighted by Crippen LogP contribution is 2.21. The molecule has 1 saturated heterocycles. The molecule has 0 amide bonds. The van der Waals surface area contributed by atoms with Gasteiger partial charge in [0.25, 0.3) is 0 Å². The van der Waals surface area contributed by atoms with Crippen molar-refractivity contribution in [1.29, 1.82) is 0 Å². The second kappa shape index (κ2) is 7.02. The molecule has 2 nitrogen and oxygen atoms in total. The lowest BCUT2D eigenvalue weighted by atomic mass is 9.92. The summed E-state index contributed by atoms with van der Waals surface area (Å²) in [5.74, 6) is 0.995. The fraction of sp³-hybridized carbons (Fsp3) is 0.833. The smallest absolute Gasteiger partial charge is 0.0163 e. The van der Waals surface area contributed by atoms with Gasteiger partial charge in [-0.25, -0.2) is 0 Å². The molecule has 0 bridgehead atoms. The van der Waals surface area contributed by atoms with Crippen LogP contribution in [0.1, 0.15) is 32.6 Å². The number of hydrogen-bond donors (Lipinski definition) is 1. The van der Waals surface area contributed by atoms with Gasteiger partial charge in [-0.15, -0.1) is 0 Å². The van der Waals surface area contributed by atoms with Gasteiger partial charge >= 0.3 is 0 Å². The summed E-state index contributed by atoms with van der Waals surface area (Å²) in [5, 5.41) is 0. The first kappa shape index (κ1) is 11.7. The summed E-state index contributed by atoms with van der Waals surface area (Å²) in [7, 11) is 0. The third-order valence-corrected chi connectivity index (χ3v) is 3.07. The first-order chi connectivity index (χ1) is 6.86. The lowest BCUT2D eigenvalue weighted by Crippen LogP contribution is -2.33. The first-order valence-electron chi connectivity index (χ1n) is 5.94. The van der Waals surface area contributed by atoms with E-state index in [-0.39, 0.29) is 0 Å². The van der Waals surface area contributed by atoms with Crippen LogP contribution in [0.15, 0.2) is 12.2 Å². The average Bonchev–Trinajstić information content (AvgIpc) is 2.21. The van der Waals surface area contributed by atoms with E-state index in [2.05, 4.69) is 24.0 Å². The Morgan fingerprint density at radius 3 is 2.57 bits per heavy atom. The van der Waals surface area contributed by atoms with E-state index in [0.29, 0.717) is 6.54 Å². The van der Waals surface area contributed by atoms with Crippen molar-refractivity contribution in [2.45, 2.75) is 32.6 Å². The van der Waals surface area contributed by atoms with E-state index in [1.54, 1.807) is 0 Å². The molecule has 0 radical (unpaired) electrons. The maximum Gasteiger partial charge on any atom is 0.0163 e. The highest BCUT2D eigenvalue weighted by atomic mass is 15.1. The molecule has 82 valence electrons. The maximum atomic E-state index is 5.40. The fourth-order valence-electron chi connectivity index (χ4n) is 2.19. The first-order valence-corrected chi connectivity index (χ1v) is 5.94. The van der Waals surface area contributed by atoms with Gasteiger partial charge in [-0.2, -0.15) is 0 Å². The van der Waals surface area contributed by atoms with Crippen molar-refractivity contribution in [3.8, 4) is 0 Å². The van der Waals surface area contributed by atoms with Crippen molar-refractivity contribution < 1.29 is 0 Å². The Morgan fingerprint density at radius 2 is 2.00 bits per heavy atom. The monoisotopic (exact) mass is 196 g/mol. The van der Waals surface area contributed by atoms with Crippen LogP contribution in [0.5, 0.6) is 0 Å². The zero-order valence-electron chi connectivity index (χ0n) is 9.41. The molecule has 14 heavy (non-hydrogen) atoms. The molecule has 0 atom stereocenters. The Hall–Kier alpha value is -0.340. The van der Waals surface area contributed by atoms with Gasteiger partial charge in [0, 0.05) is 13.1 Å². The van der Waals surface area contributed by atoms with E-state index in [0.717, 1.165) is 12.5 Å². The van der Waals surface area contributed by atoms with E-state index < -0.39 is 0 Å². The second-order valence-corrected chi connectivity index (χ2v) is 4.24. The van der Waals surface area contributed by atoms with Gasteiger partial charge in [-0.05, 0) is 31.8 Å². The molecule has 1 aliphatic rings. The van der Waals surface area contributed by atoms with Crippen LogP contribution in [0.2, 0.25) is 0 Å². The van der Waals surface area contributed by atoms with Gasteiger partial charge in [0.05, 0.1) is 0 Å². The largest absolute Gasteiger partial charge is 0.327 e. The van der Waals surface area contributed by atoms with Crippen LogP contribution in [0.4, 0.5) is 0 Å². The van der Waals surface area contributed by atoms with Crippen molar-refractivity contribution in [1.82, 2.24) is 4.90 Å². The lowest BCUT2D eigenvalue weighted by molar-refractivity contribution is 0.194. The number of rotatable bonds is 5. The van der Waals surface area contributed by atoms with Gasteiger partial charge in [0.2, 0.25) is 0 Å². The van der Waals surface area contributed by atoms with Gasteiger partial charge < -0.3 is 5.73 Å². The lowest BCUT2D eigenvalue weighted by Gasteiger charge is -2.30. The summed E-state index contributed by atoms with van der Waals surface area (Å²) in [6.45, 7) is 6.61. The molecule has 1 rings (SSSR count). The van der Waals surface area contributed by atoms with Gasteiger partial charge in [0.1, 0.15) is 0 Å². The number of nitrogens with two attached hydrogens (primary N) is 1. The molecule has 2 N–H and O–H groups in total. The summed E-state index contributed by atoms with van der Waals surface area (Å²) in [6.07, 6.45) is 9.80. The molecule has 1 heterocycles. The third-order valence-electron chi connectivity index (χ3n) is 3.07. The summed E-state index contributed by atoms with van der Waals surface area (Å²) >= 11 is 0. The Morgan fingerprint density at radius 1 is 1.29 bits per heavy atom. The van der Waals surface area contributed by atoms with Crippen molar-refractivity contribution in [3.63, 3.8) is 0 Å². The molecule has 0 unspecified atom stereocenters. The van der Waals surface area contributed by atoms with Crippen LogP contribution >= 0.6 is 0 Å². The van der Waals surface area contributed by atoms with E-state index in [9.17, 15) is 0 Å². The molecule has 1 aliphatic heterocycles. The van der Waals surface area contributed by atoms with Crippen molar-refractivity contribution >= 4 is 0 Å². The SMILES string of the molecule is CCCC1CCN(CC=CCN)CC1. The summed E-state index contributed by atoms with van der Waals surface area (Å²) in [5.41, 5.74) is 5.40. The van der Waals surface area contributed by atoms with Crippen LogP contribution in [-0.2, 0) is 0 Å². The Kier molecular flexibility index (Phi) is 5.88. The molecule has 2 heteroatoms. The van der Waals surface area contributed by atoms with Crippen LogP contribution in [0.3, 0.4) is 0 Å². The standard InChI is InChI=1S/C12H24N2/c1-2-5-12-6-10-14(11-7-12)9-4-3-8-13/h3-4,12H,2,5-11,13H2,1H3. The number of piperidine rings is 1. The molecule has 1 fully saturated rings. The maximum absolute atomic E-state index is 5.40. The third kappa shape index (κ3) is 4.25. The van der Waals surface area contributed by atoms with Gasteiger partial charge in [-0.1, -0.05) is 31.9 Å². The van der Waals surface area contributed by atoms with Crippen LogP contribution < -0.4 is 5.73 Å². The molecule has 0 aromatic heterocycles. The average molecular weight is 196 g/mol. The number of nitrogens with zero attached hydrogens (tertiary/aromatic N) is 1. The fourth-order valence-corrected chi connectivity index (χ4v) is 2.19. The summed E-state index contributed by atoms with van der Waals surface area (Å²) in [4.78, 5) is 2.53. The molecular weight excluding hydrogens is 172 g/mol. The van der Waals surface area contributed by atoms with Crippen LogP contribution in [0, 0.1) is 5.92 Å². The highest BCUT2D eigenvalue weighted by molar-refractivity contribution is 4.86. The predicted molar refractivity (Wildman–Crippen MR) is 62.3 cm³/mol. The van der Waals surface area contributed by atoms with E-state index in [1.807, 2.05) is 0 Å². The minimum atomic E-state index is 0.673. The quantitative estimate of drug-likeness (QED) is 0.682. The molecular formula is C12H24N2. The second-order valence-electron chi connectivity index (χ2n) is 4.24. The molecule has 0 aliphatic carbocycles. The van der Waals surface area contributed by atoms with E-state index in [1.165, 1.54) is 38.8 Å². The molecule has 0 aromatic carbocycles. The highest BCUT2D eigenvalue weighted by Gasteiger charge is 2.16. The Balaban J connectivity index is 2.12. The van der Waals surface area contributed by atoms with E-state index >= 15 is 0 Å². The Labute approximate surface area is 88.2 Å². The molecule has 0 spiro atoms. The van der Waals surface area contributed by atoms with Crippen molar-refractivity contribution in [2.75, 3.05) is 26.2 Å². The zero-order chi connectivity index (χ0) is 10.2. The van der Waals surface area contributed by atoms with Crippen molar-refractivity contribution in [3.05, 3.63) is 12.2 Å². The van der Waals surface area contributed by atoms with Crippen molar-refractivity contribution in [2.24, 2.45) is 11.7 Å². The van der Waals surface area contributed by atoms with E-state index in [4.69, 9.17) is 5.73 Å². The normalized spacial score (nSPS) is 20.7. The minimum Gasteiger partial charge on any atom is -0.327 e. The summed E-state index contributed by atoms with van der Waals surface area (Å²) in [6, 6.07) is 0. The zero-order valence-corrected chi connectivity index (χ0v) is 9.41. The van der Waals surface area contributed by atoms with Crippen LogP contribution in [0.25, 0.3) is 0 Å². The minimum absolute atomic E-state index is 0.673. The molecule has 0 aromatic rings. The topological polar surface area (TPSA) is 29.3 Å². The number of hydrogen-bond acceptors (Lipinski definition) is 2. The Bertz CT molecular complexity index is 158. The van der Waals surface area contributed by atoms with Gasteiger partial charge in [0.15, 0.2) is 0 Å². The molecule has 0 saturated carbocycles.